The number of hydrogen-bond donors (Lipinski definition) is 4. The fraction of sp³-hybridized carbons (Fsp3) is 0.489. The fourth-order valence-corrected chi connectivity index (χ4v) is 10.3. The van der Waals surface area contributed by atoms with Crippen LogP contribution in [0.2, 0.25) is 0 Å². The van der Waals surface area contributed by atoms with E-state index in [1.165, 1.54) is 13.8 Å². The lowest BCUT2D eigenvalue weighted by Crippen LogP contribution is -2.81. The molecule has 7 rings (SSSR count). The van der Waals surface area contributed by atoms with Gasteiger partial charge in [-0.05, 0) is 41.7 Å². The summed E-state index contributed by atoms with van der Waals surface area (Å²) in [7, 11) is 0. The quantitative estimate of drug-likeness (QED) is 0.114. The Labute approximate surface area is 350 Å². The molecule has 320 valence electrons. The highest BCUT2D eigenvalue weighted by atomic mass is 16.6. The standard InChI is InChI=1S/C47H55NO12/c1-27-33(59-43(54)38(52)37(32-20-14-9-15-21-32)48-24-30-16-10-7-11-17-30)23-47(55)42(56-25-31-18-12-8-13-19-31)40-45(6,34(51)22-35-46(40,26-57-35)60-29(3)50)41(53)39(58-28(2)49)36(27)44(47,4)5/h7-21,33-35,37-40,42,48,51-52,55H,22-26H2,1-6H3/t33-,34-,35+,37-,38+,39+,40?,42-,45+,46-,47+/m0/s1. The number of rotatable bonds is 12. The number of fused-ring (bicyclic) bond motifs is 5. The Morgan fingerprint density at radius 3 is 2.05 bits per heavy atom. The number of hydrogen-bond acceptors (Lipinski definition) is 13. The number of esters is 3. The van der Waals surface area contributed by atoms with E-state index < -0.39 is 94.3 Å². The van der Waals surface area contributed by atoms with Crippen molar-refractivity contribution in [3.05, 3.63) is 119 Å². The highest BCUT2D eigenvalue weighted by Crippen LogP contribution is 2.64. The molecule has 60 heavy (non-hydrogen) atoms. The summed E-state index contributed by atoms with van der Waals surface area (Å²) in [5.41, 5.74) is -4.19. The van der Waals surface area contributed by atoms with Crippen molar-refractivity contribution in [2.45, 2.75) is 121 Å². The second-order valence-corrected chi connectivity index (χ2v) is 17.4. The van der Waals surface area contributed by atoms with Gasteiger partial charge in [0.15, 0.2) is 23.6 Å². The van der Waals surface area contributed by atoms with Crippen molar-refractivity contribution >= 4 is 23.7 Å². The molecule has 4 N–H and O–H groups in total. The molecule has 0 radical (unpaired) electrons. The zero-order chi connectivity index (χ0) is 43.2. The van der Waals surface area contributed by atoms with Gasteiger partial charge >= 0.3 is 17.9 Å². The Hall–Kier alpha value is -4.76. The van der Waals surface area contributed by atoms with Crippen LogP contribution in [0, 0.1) is 16.7 Å². The van der Waals surface area contributed by atoms with Gasteiger partial charge in [0.1, 0.15) is 17.8 Å². The predicted molar refractivity (Wildman–Crippen MR) is 216 cm³/mol. The van der Waals surface area contributed by atoms with Gasteiger partial charge in [0.2, 0.25) is 0 Å². The molecule has 4 aliphatic rings. The van der Waals surface area contributed by atoms with Crippen LogP contribution in [0.15, 0.2) is 102 Å². The van der Waals surface area contributed by atoms with Gasteiger partial charge in [0.05, 0.1) is 36.9 Å². The topological polar surface area (TPSA) is 187 Å². The summed E-state index contributed by atoms with van der Waals surface area (Å²) < 4.78 is 31.1. The molecule has 1 heterocycles. The zero-order valence-corrected chi connectivity index (χ0v) is 34.8. The molecular weight excluding hydrogens is 771 g/mol. The largest absolute Gasteiger partial charge is 0.456 e. The van der Waals surface area contributed by atoms with Crippen molar-refractivity contribution in [1.82, 2.24) is 5.32 Å². The molecule has 3 aromatic rings. The highest BCUT2D eigenvalue weighted by molar-refractivity contribution is 5.95. The number of carbonyl (C=O) groups excluding carboxylic acids is 4. The van der Waals surface area contributed by atoms with E-state index in [1.54, 1.807) is 45.0 Å². The van der Waals surface area contributed by atoms with Gasteiger partial charge in [0, 0.05) is 44.6 Å². The van der Waals surface area contributed by atoms with Crippen LogP contribution in [-0.2, 0) is 56.0 Å². The minimum atomic E-state index is -2.09. The zero-order valence-electron chi connectivity index (χ0n) is 34.8. The third-order valence-electron chi connectivity index (χ3n) is 13.6. The van der Waals surface area contributed by atoms with Gasteiger partial charge < -0.3 is 44.3 Å². The van der Waals surface area contributed by atoms with Crippen LogP contribution in [0.5, 0.6) is 0 Å². The van der Waals surface area contributed by atoms with Crippen molar-refractivity contribution in [3.63, 3.8) is 0 Å². The van der Waals surface area contributed by atoms with Crippen LogP contribution >= 0.6 is 0 Å². The normalized spacial score (nSPS) is 32.8. The molecule has 3 aliphatic carbocycles. The van der Waals surface area contributed by atoms with Crippen LogP contribution in [0.1, 0.15) is 77.1 Å². The Bertz CT molecular complexity index is 2110. The number of nitrogens with one attached hydrogen (secondary N) is 1. The van der Waals surface area contributed by atoms with Crippen LogP contribution in [0.25, 0.3) is 0 Å². The molecule has 0 spiro atoms. The molecule has 3 fully saturated rings. The lowest BCUT2D eigenvalue weighted by Gasteiger charge is -2.67. The van der Waals surface area contributed by atoms with Crippen LogP contribution in [-0.4, -0.2) is 93.4 Å². The average Bonchev–Trinajstić information content (AvgIpc) is 3.21. The summed E-state index contributed by atoms with van der Waals surface area (Å²) in [6.07, 6.45) is -8.80. The first-order chi connectivity index (χ1) is 28.5. The van der Waals surface area contributed by atoms with E-state index in [1.807, 2.05) is 66.7 Å². The molecule has 2 saturated carbocycles. The molecule has 3 aromatic carbocycles. The Balaban J connectivity index is 1.36. The summed E-state index contributed by atoms with van der Waals surface area (Å²) >= 11 is 0. The summed E-state index contributed by atoms with van der Waals surface area (Å²) in [6.45, 7) is 9.06. The molecule has 0 aromatic heterocycles. The first-order valence-electron chi connectivity index (χ1n) is 20.5. The molecule has 13 heteroatoms. The Morgan fingerprint density at radius 2 is 1.48 bits per heavy atom. The predicted octanol–water partition coefficient (Wildman–Crippen LogP) is 4.46. The molecular formula is C47H55NO12. The number of benzene rings is 3. The van der Waals surface area contributed by atoms with E-state index in [-0.39, 0.29) is 31.6 Å². The lowest BCUT2D eigenvalue weighted by molar-refractivity contribution is -0.351. The van der Waals surface area contributed by atoms with E-state index in [0.29, 0.717) is 17.7 Å². The monoisotopic (exact) mass is 825 g/mol. The van der Waals surface area contributed by atoms with E-state index in [9.17, 15) is 29.7 Å². The second-order valence-electron chi connectivity index (χ2n) is 17.4. The molecule has 2 bridgehead atoms. The van der Waals surface area contributed by atoms with Gasteiger partial charge in [-0.25, -0.2) is 4.79 Å². The molecule has 1 unspecified atom stereocenters. The van der Waals surface area contributed by atoms with Gasteiger partial charge in [-0.2, -0.15) is 0 Å². The number of ketones is 1. The summed E-state index contributed by atoms with van der Waals surface area (Å²) in [5.74, 6) is -4.46. The van der Waals surface area contributed by atoms with Gasteiger partial charge in [-0.1, -0.05) is 105 Å². The van der Waals surface area contributed by atoms with E-state index >= 15 is 4.79 Å². The summed E-state index contributed by atoms with van der Waals surface area (Å²) in [4.78, 5) is 55.8. The summed E-state index contributed by atoms with van der Waals surface area (Å²) in [5, 5.41) is 40.9. The fourth-order valence-electron chi connectivity index (χ4n) is 10.3. The minimum Gasteiger partial charge on any atom is -0.456 e. The number of ether oxygens (including phenoxy) is 5. The SMILES string of the molecule is CC(=O)O[C@H]1C(=O)[C@@]2(C)C([C@H](OCc3ccccc3)[C@]3(O)C[C@H](OC(=O)[C@H](O)[C@@H](NCc4ccccc4)c4ccccc4)C(C)=C1C3(C)C)[C@]1(OC(C)=O)CO[C@@H]1C[C@@H]2O. The van der Waals surface area contributed by atoms with Crippen molar-refractivity contribution in [2.75, 3.05) is 6.61 Å². The lowest BCUT2D eigenvalue weighted by atomic mass is 9.44. The maximum atomic E-state index is 15.5. The van der Waals surface area contributed by atoms with E-state index in [4.69, 9.17) is 23.7 Å². The highest BCUT2D eigenvalue weighted by Gasteiger charge is 2.77. The molecule has 1 aliphatic heterocycles. The Morgan fingerprint density at radius 1 is 0.883 bits per heavy atom. The van der Waals surface area contributed by atoms with Crippen molar-refractivity contribution in [2.24, 2.45) is 16.7 Å². The number of aliphatic hydroxyl groups excluding tert-OH is 2. The minimum absolute atomic E-state index is 0.0666. The van der Waals surface area contributed by atoms with Crippen LogP contribution in [0.3, 0.4) is 0 Å². The average molecular weight is 826 g/mol. The molecule has 1 saturated heterocycles. The first kappa shape index (κ1) is 43.3. The van der Waals surface area contributed by atoms with Crippen molar-refractivity contribution < 1.29 is 58.2 Å². The van der Waals surface area contributed by atoms with Crippen molar-refractivity contribution in [1.29, 1.82) is 0 Å². The third-order valence-corrected chi connectivity index (χ3v) is 13.6. The molecule has 11 atom stereocenters. The third kappa shape index (κ3) is 7.39. The van der Waals surface area contributed by atoms with Crippen molar-refractivity contribution in [3.8, 4) is 0 Å². The van der Waals surface area contributed by atoms with E-state index in [0.717, 1.165) is 18.1 Å². The first-order valence-corrected chi connectivity index (χ1v) is 20.5. The molecule has 13 nitrogen and oxygen atoms in total. The second kappa shape index (κ2) is 16.6. The maximum Gasteiger partial charge on any atom is 0.337 e. The van der Waals surface area contributed by atoms with Crippen LogP contribution < -0.4 is 5.32 Å². The van der Waals surface area contributed by atoms with Crippen LogP contribution in [0.4, 0.5) is 0 Å². The maximum absolute atomic E-state index is 15.5. The van der Waals surface area contributed by atoms with E-state index in [2.05, 4.69) is 5.32 Å². The van der Waals surface area contributed by atoms with Gasteiger partial charge in [-0.3, -0.25) is 14.4 Å². The number of aliphatic hydroxyl groups is 3. The van der Waals surface area contributed by atoms with Gasteiger partial charge in [0.25, 0.3) is 0 Å². The molecule has 0 amide bonds. The van der Waals surface area contributed by atoms with Gasteiger partial charge in [-0.15, -0.1) is 0 Å². The number of Topliss-reactive ketones (excluding diaryl/α,β-unsaturated/α-hetero) is 1. The summed E-state index contributed by atoms with van der Waals surface area (Å²) in [6, 6.07) is 26.7. The smallest absolute Gasteiger partial charge is 0.337 e. The number of carbonyl (C=O) groups is 4. The Kier molecular flexibility index (Phi) is 12.0.